The first-order valence-electron chi connectivity index (χ1n) is 20.8. The Morgan fingerprint density at radius 2 is 1.88 bits per heavy atom. The molecule has 1 amide bonds. The number of halogens is 2. The zero-order valence-electron chi connectivity index (χ0n) is 35.0. The number of nitrogens with one attached hydrogen (secondary N) is 1. The number of hydrogen-bond acceptors (Lipinski definition) is 13. The van der Waals surface area contributed by atoms with Gasteiger partial charge in [0.15, 0.2) is 5.65 Å². The Morgan fingerprint density at radius 1 is 1.02 bits per heavy atom. The molecule has 10 rings (SSSR count). The number of hydrogen-bond donors (Lipinski definition) is 1. The molecular formula is C40H42F2N12O4. The lowest BCUT2D eigenvalue weighted by molar-refractivity contribution is -0.133. The van der Waals surface area contributed by atoms with E-state index >= 15 is 4.39 Å². The number of rotatable bonds is 6. The molecule has 3 saturated heterocycles. The molecule has 2 unspecified atom stereocenters. The lowest BCUT2D eigenvalue weighted by Gasteiger charge is -2.52. The monoisotopic (exact) mass is 795 g/mol. The Balaban J connectivity index is 1.11. The van der Waals surface area contributed by atoms with E-state index in [0.29, 0.717) is 89.6 Å². The molecular weight excluding hydrogens is 751 g/mol. The topological polar surface area (TPSA) is 154 Å². The third-order valence-electron chi connectivity index (χ3n) is 11.6. The first-order valence-corrected chi connectivity index (χ1v) is 19.3. The van der Waals surface area contributed by atoms with Crippen LogP contribution in [0.1, 0.15) is 29.7 Å². The van der Waals surface area contributed by atoms with Crippen molar-refractivity contribution in [2.45, 2.75) is 63.5 Å². The summed E-state index contributed by atoms with van der Waals surface area (Å²) in [5.74, 6) is 0.169. The van der Waals surface area contributed by atoms with Gasteiger partial charge in [-0.15, -0.1) is 0 Å². The highest BCUT2D eigenvalue weighted by Gasteiger charge is 2.46. The zero-order chi connectivity index (χ0) is 42.3. The van der Waals surface area contributed by atoms with Crippen LogP contribution in [0.5, 0.6) is 5.75 Å². The molecule has 0 spiro atoms. The lowest BCUT2D eigenvalue weighted by atomic mass is 9.92. The standard InChI is InChI=1S/C40H42F2N12O4/c1-5-58-27-17-50(3)38(55)33-13-24(46-39-43-9-8-30(47-39)28-10-23(42)11-31-35(28)51(18-27)21(2)45-31)16-52(33)36-29-15-44-54(32-7-6-22(41)12-34(32)56-4)37(29)49-40(48-36)53-25-14-26(53)20-57-19-25/h6-12,15,24-27,33H,5,13-14,16-20H2,1-4H3,(H,43,46,47)/t24-,25?,26?,27-,33-/m0/s1/i4D3. The summed E-state index contributed by atoms with van der Waals surface area (Å²) < 4.78 is 73.8. The van der Waals surface area contributed by atoms with Crippen molar-refractivity contribution in [3.05, 3.63) is 66.3 Å². The quantitative estimate of drug-likeness (QED) is 0.257. The Bertz CT molecular complexity index is 2680. The summed E-state index contributed by atoms with van der Waals surface area (Å²) in [7, 11) is -1.13. The smallest absolute Gasteiger partial charge is 0.245 e. The molecule has 58 heavy (non-hydrogen) atoms. The highest BCUT2D eigenvalue weighted by Crippen LogP contribution is 2.40. The average molecular weight is 796 g/mol. The van der Waals surface area contributed by atoms with Crippen LogP contribution >= 0.6 is 0 Å². The molecule has 0 aliphatic carbocycles. The summed E-state index contributed by atoms with van der Waals surface area (Å²) >= 11 is 0. The van der Waals surface area contributed by atoms with Crippen LogP contribution in [0.25, 0.3) is 39.0 Å². The van der Waals surface area contributed by atoms with Crippen molar-refractivity contribution in [1.82, 2.24) is 44.2 Å². The Morgan fingerprint density at radius 3 is 2.69 bits per heavy atom. The van der Waals surface area contributed by atoms with Gasteiger partial charge in [0, 0.05) is 56.7 Å². The molecule has 18 heteroatoms. The summed E-state index contributed by atoms with van der Waals surface area (Å²) in [5.41, 5.74) is 2.66. The number of nitrogens with zero attached hydrogens (tertiary/aromatic N) is 11. The highest BCUT2D eigenvalue weighted by molar-refractivity contribution is 5.94. The molecule has 6 aromatic rings. The number of likely N-dealkylation sites (N-methyl/N-ethyl adjacent to an activating group) is 1. The van der Waals surface area contributed by atoms with Crippen LogP contribution in [0.15, 0.2) is 48.8 Å². The molecule has 0 saturated carbocycles. The van der Waals surface area contributed by atoms with E-state index in [9.17, 15) is 9.18 Å². The van der Waals surface area contributed by atoms with E-state index in [4.69, 9.17) is 38.3 Å². The second-order valence-corrected chi connectivity index (χ2v) is 15.2. The fourth-order valence-electron chi connectivity index (χ4n) is 8.99. The van der Waals surface area contributed by atoms with Gasteiger partial charge in [0.1, 0.15) is 40.8 Å². The molecule has 300 valence electrons. The molecule has 4 aliphatic heterocycles. The molecule has 1 N–H and O–H groups in total. The Labute approximate surface area is 336 Å². The summed E-state index contributed by atoms with van der Waals surface area (Å²) in [5, 5.41) is 8.56. The lowest BCUT2D eigenvalue weighted by Crippen LogP contribution is -2.64. The van der Waals surface area contributed by atoms with Gasteiger partial charge >= 0.3 is 0 Å². The molecule has 5 atom stereocenters. The second-order valence-electron chi connectivity index (χ2n) is 15.2. The number of aromatic nitrogens is 8. The maximum absolute atomic E-state index is 15.2. The van der Waals surface area contributed by atoms with Crippen LogP contribution in [0.2, 0.25) is 0 Å². The number of methoxy groups -OCH3 is 1. The third kappa shape index (κ3) is 6.04. The second kappa shape index (κ2) is 14.1. The summed E-state index contributed by atoms with van der Waals surface area (Å²) in [6, 6.07) is 7.07. The van der Waals surface area contributed by atoms with Gasteiger partial charge in [0.05, 0.1) is 77.4 Å². The van der Waals surface area contributed by atoms with E-state index in [-0.39, 0.29) is 48.6 Å². The average Bonchev–Trinajstić information content (AvgIpc) is 3.91. The minimum Gasteiger partial charge on any atom is -0.494 e. The molecule has 4 aromatic heterocycles. The van der Waals surface area contributed by atoms with Crippen molar-refractivity contribution < 1.29 is 31.9 Å². The van der Waals surface area contributed by atoms with Gasteiger partial charge in [0.25, 0.3) is 0 Å². The van der Waals surface area contributed by atoms with Crippen LogP contribution in [-0.2, 0) is 20.8 Å². The van der Waals surface area contributed by atoms with Gasteiger partial charge in [-0.1, -0.05) is 0 Å². The summed E-state index contributed by atoms with van der Waals surface area (Å²) in [6.07, 6.45) is 3.93. The van der Waals surface area contributed by atoms with E-state index in [2.05, 4.69) is 20.3 Å². The Kier molecular flexibility index (Phi) is 8.04. The SMILES string of the molecule is [2H]C([2H])([2H])Oc1cc(F)ccc1-n1ncc2c(N3C[C@@H]4C[C@H]3C(=O)N(C)C[C@H](OCC)Cn3c(C)nc5cc(F)cc(c53)-c3ccnc(n3)N4)nc(N3C4COCC3C4)nc21. The molecule has 3 fully saturated rings. The van der Waals surface area contributed by atoms with Crippen molar-refractivity contribution in [3.8, 4) is 22.7 Å². The largest absolute Gasteiger partial charge is 0.494 e. The molecule has 6 bridgehead atoms. The number of ether oxygens (including phenoxy) is 3. The predicted molar refractivity (Wildman–Crippen MR) is 210 cm³/mol. The highest BCUT2D eigenvalue weighted by atomic mass is 19.1. The summed E-state index contributed by atoms with van der Waals surface area (Å²) in [4.78, 5) is 44.9. The van der Waals surface area contributed by atoms with E-state index in [1.54, 1.807) is 30.4 Å². The van der Waals surface area contributed by atoms with Gasteiger partial charge in [-0.2, -0.15) is 15.1 Å². The van der Waals surface area contributed by atoms with Crippen LogP contribution in [0.3, 0.4) is 0 Å². The molecule has 16 nitrogen and oxygen atoms in total. The number of anilines is 3. The van der Waals surface area contributed by atoms with Crippen molar-refractivity contribution >= 4 is 45.7 Å². The number of carbonyl (C=O) groups is 1. The molecule has 2 aromatic carbocycles. The van der Waals surface area contributed by atoms with E-state index in [0.717, 1.165) is 12.5 Å². The minimum atomic E-state index is -2.88. The van der Waals surface area contributed by atoms with Crippen molar-refractivity contribution in [2.75, 3.05) is 62.1 Å². The normalized spacial score (nSPS) is 24.2. The predicted octanol–water partition coefficient (Wildman–Crippen LogP) is 4.13. The minimum absolute atomic E-state index is 0.0229. The van der Waals surface area contributed by atoms with E-state index in [1.165, 1.54) is 28.9 Å². The van der Waals surface area contributed by atoms with E-state index in [1.807, 2.05) is 23.3 Å². The van der Waals surface area contributed by atoms with Crippen LogP contribution in [0, 0.1) is 18.6 Å². The first kappa shape index (κ1) is 33.0. The van der Waals surface area contributed by atoms with Crippen molar-refractivity contribution in [1.29, 1.82) is 0 Å². The maximum Gasteiger partial charge on any atom is 0.245 e. The molecule has 4 aliphatic rings. The van der Waals surface area contributed by atoms with Gasteiger partial charge in [-0.25, -0.2) is 28.4 Å². The van der Waals surface area contributed by atoms with Crippen LogP contribution in [0.4, 0.5) is 26.5 Å². The third-order valence-corrected chi connectivity index (χ3v) is 11.6. The molecule has 0 radical (unpaired) electrons. The number of morpholine rings is 1. The summed E-state index contributed by atoms with van der Waals surface area (Å²) in [6.45, 7) is 5.96. The number of carbonyl (C=O) groups excluding carboxylic acids is 1. The van der Waals surface area contributed by atoms with Gasteiger partial charge in [-0.3, -0.25) is 4.79 Å². The van der Waals surface area contributed by atoms with Gasteiger partial charge in [-0.05, 0) is 51.0 Å². The fraction of sp³-hybridized carbons (Fsp3) is 0.425. The number of fused-ring (bicyclic) bond motifs is 8. The Hall–Kier alpha value is -6.01. The van der Waals surface area contributed by atoms with E-state index < -0.39 is 30.8 Å². The maximum atomic E-state index is 15.2. The first-order chi connectivity index (χ1) is 29.3. The zero-order valence-corrected chi connectivity index (χ0v) is 32.0. The van der Waals surface area contributed by atoms with Gasteiger partial charge in [0.2, 0.25) is 17.8 Å². The number of benzene rings is 2. The molecule has 8 heterocycles. The van der Waals surface area contributed by atoms with Crippen molar-refractivity contribution in [3.63, 3.8) is 0 Å². The van der Waals surface area contributed by atoms with Crippen LogP contribution in [-0.4, -0.2) is 127 Å². The number of imidazole rings is 1. The number of amides is 1. The van der Waals surface area contributed by atoms with Crippen LogP contribution < -0.4 is 19.9 Å². The fourth-order valence-corrected chi connectivity index (χ4v) is 8.99. The van der Waals surface area contributed by atoms with Gasteiger partial charge < -0.3 is 38.8 Å². The van der Waals surface area contributed by atoms with Crippen molar-refractivity contribution in [2.24, 2.45) is 0 Å². The number of aryl methyl sites for hydroxylation is 1.